The molecule has 1 aliphatic rings. The Labute approximate surface area is 152 Å². The van der Waals surface area contributed by atoms with Gasteiger partial charge in [-0.1, -0.05) is 23.7 Å². The fraction of sp³-hybridized carbons (Fsp3) is 0.529. The monoisotopic (exact) mass is 369 g/mol. The van der Waals surface area contributed by atoms with Crippen LogP contribution in [0, 0.1) is 5.92 Å². The average Bonchev–Trinajstić information content (AvgIpc) is 2.59. The van der Waals surface area contributed by atoms with E-state index in [4.69, 9.17) is 17.3 Å². The Morgan fingerprint density at radius 1 is 1.33 bits per heavy atom. The van der Waals surface area contributed by atoms with E-state index in [2.05, 4.69) is 5.32 Å². The van der Waals surface area contributed by atoms with Gasteiger partial charge in [0, 0.05) is 30.4 Å². The maximum Gasteiger partial charge on any atom is 0.314 e. The molecule has 1 fully saturated rings. The number of hydrogen-bond donors (Lipinski definition) is 2. The number of urea groups is 1. The van der Waals surface area contributed by atoms with Gasteiger partial charge in [-0.3, -0.25) is 4.79 Å². The predicted molar refractivity (Wildman–Crippen MR) is 99.1 cm³/mol. The van der Waals surface area contributed by atoms with E-state index in [9.17, 15) is 9.59 Å². The fourth-order valence-corrected chi connectivity index (χ4v) is 3.74. The summed E-state index contributed by atoms with van der Waals surface area (Å²) in [6.07, 6.45) is 2.58. The molecular formula is C17H24ClN3O2S. The lowest BCUT2D eigenvalue weighted by atomic mass is 9.97. The van der Waals surface area contributed by atoms with Crippen molar-refractivity contribution in [2.45, 2.75) is 25.0 Å². The van der Waals surface area contributed by atoms with Gasteiger partial charge in [-0.15, -0.1) is 0 Å². The van der Waals surface area contributed by atoms with Crippen molar-refractivity contribution in [1.82, 2.24) is 10.2 Å². The molecule has 1 aromatic carbocycles. The molecule has 1 aromatic rings. The summed E-state index contributed by atoms with van der Waals surface area (Å²) in [6.45, 7) is 1.76. The van der Waals surface area contributed by atoms with Gasteiger partial charge in [0.1, 0.15) is 0 Å². The number of primary amides is 1. The highest BCUT2D eigenvalue weighted by Crippen LogP contribution is 2.17. The first-order valence-corrected chi connectivity index (χ1v) is 9.74. The quantitative estimate of drug-likeness (QED) is 0.725. The third-order valence-electron chi connectivity index (χ3n) is 4.05. The van der Waals surface area contributed by atoms with Crippen molar-refractivity contribution in [3.63, 3.8) is 0 Å². The molecule has 7 heteroatoms. The summed E-state index contributed by atoms with van der Waals surface area (Å²) in [4.78, 5) is 24.9. The number of amides is 3. The van der Waals surface area contributed by atoms with Gasteiger partial charge < -0.3 is 16.0 Å². The zero-order valence-electron chi connectivity index (χ0n) is 13.7. The molecule has 3 amide bonds. The maximum atomic E-state index is 12.1. The average molecular weight is 370 g/mol. The second-order valence-corrected chi connectivity index (χ2v) is 7.49. The van der Waals surface area contributed by atoms with E-state index in [1.807, 2.05) is 36.0 Å². The number of hydrogen-bond acceptors (Lipinski definition) is 3. The Morgan fingerprint density at radius 2 is 2.08 bits per heavy atom. The van der Waals surface area contributed by atoms with Crippen molar-refractivity contribution in [2.75, 3.05) is 25.4 Å². The summed E-state index contributed by atoms with van der Waals surface area (Å²) in [5.41, 5.74) is 6.54. The van der Waals surface area contributed by atoms with E-state index in [-0.39, 0.29) is 11.8 Å². The molecule has 1 atom stereocenters. The number of likely N-dealkylation sites (tertiary alicyclic amines) is 1. The summed E-state index contributed by atoms with van der Waals surface area (Å²) in [5.74, 6) is 1.83. The summed E-state index contributed by atoms with van der Waals surface area (Å²) in [5, 5.41) is 3.72. The molecule has 3 N–H and O–H groups in total. The Kier molecular flexibility index (Phi) is 7.72. The number of nitrogens with one attached hydrogen (secondary N) is 1. The first kappa shape index (κ1) is 18.9. The van der Waals surface area contributed by atoms with Crippen molar-refractivity contribution in [3.05, 3.63) is 34.9 Å². The fourth-order valence-electron chi connectivity index (χ4n) is 2.69. The third kappa shape index (κ3) is 6.24. The smallest absolute Gasteiger partial charge is 0.314 e. The third-order valence-corrected chi connectivity index (χ3v) is 5.42. The SMILES string of the molecule is NC(=O)N1CCCC(C(=O)NCCCSCc2ccc(Cl)cc2)C1. The van der Waals surface area contributed by atoms with Gasteiger partial charge in [-0.25, -0.2) is 4.79 Å². The van der Waals surface area contributed by atoms with E-state index < -0.39 is 6.03 Å². The van der Waals surface area contributed by atoms with E-state index in [1.54, 1.807) is 4.90 Å². The van der Waals surface area contributed by atoms with Crippen molar-refractivity contribution >= 4 is 35.3 Å². The molecule has 2 rings (SSSR count). The number of piperidine rings is 1. The van der Waals surface area contributed by atoms with E-state index in [1.165, 1.54) is 5.56 Å². The van der Waals surface area contributed by atoms with Crippen LogP contribution in [0.15, 0.2) is 24.3 Å². The van der Waals surface area contributed by atoms with E-state index in [0.29, 0.717) is 19.6 Å². The zero-order chi connectivity index (χ0) is 17.4. The van der Waals surface area contributed by atoms with Gasteiger partial charge >= 0.3 is 6.03 Å². The predicted octanol–water partition coefficient (Wildman–Crippen LogP) is 2.87. The standard InChI is InChI=1S/C17H24ClN3O2S/c18-15-6-4-13(5-7-15)12-24-10-2-8-20-16(22)14-3-1-9-21(11-14)17(19)23/h4-7,14H,1-3,8-12H2,(H2,19,23)(H,20,22). The number of halogens is 1. The molecule has 24 heavy (non-hydrogen) atoms. The number of rotatable bonds is 7. The molecule has 132 valence electrons. The van der Waals surface area contributed by atoms with E-state index >= 15 is 0 Å². The number of carbonyl (C=O) groups excluding carboxylic acids is 2. The van der Waals surface area contributed by atoms with Crippen molar-refractivity contribution in [1.29, 1.82) is 0 Å². The summed E-state index contributed by atoms with van der Waals surface area (Å²) >= 11 is 7.70. The van der Waals surface area contributed by atoms with Gasteiger partial charge in [-0.05, 0) is 42.7 Å². The van der Waals surface area contributed by atoms with Crippen LogP contribution in [-0.2, 0) is 10.5 Å². The largest absolute Gasteiger partial charge is 0.356 e. The molecule has 0 aliphatic carbocycles. The normalized spacial score (nSPS) is 17.5. The Hall–Kier alpha value is -1.40. The minimum Gasteiger partial charge on any atom is -0.356 e. The molecule has 0 radical (unpaired) electrons. The second kappa shape index (κ2) is 9.79. The van der Waals surface area contributed by atoms with Crippen molar-refractivity contribution < 1.29 is 9.59 Å². The van der Waals surface area contributed by atoms with Crippen LogP contribution in [0.4, 0.5) is 4.79 Å². The molecule has 0 bridgehead atoms. The molecule has 1 unspecified atom stereocenters. The minimum absolute atomic E-state index is 0.0312. The first-order valence-electron chi connectivity index (χ1n) is 8.20. The number of nitrogens with zero attached hydrogens (tertiary/aromatic N) is 1. The number of nitrogens with two attached hydrogens (primary N) is 1. The lowest BCUT2D eigenvalue weighted by molar-refractivity contribution is -0.126. The summed E-state index contributed by atoms with van der Waals surface area (Å²) in [7, 11) is 0. The van der Waals surface area contributed by atoms with Crippen molar-refractivity contribution in [2.24, 2.45) is 11.7 Å². The van der Waals surface area contributed by atoms with Gasteiger partial charge in [0.25, 0.3) is 0 Å². The van der Waals surface area contributed by atoms with Gasteiger partial charge in [0.2, 0.25) is 5.91 Å². The van der Waals surface area contributed by atoms with Crippen LogP contribution in [0.1, 0.15) is 24.8 Å². The Morgan fingerprint density at radius 3 is 2.79 bits per heavy atom. The summed E-state index contributed by atoms with van der Waals surface area (Å²) in [6, 6.07) is 7.43. The Balaban J connectivity index is 1.57. The van der Waals surface area contributed by atoms with Crippen LogP contribution in [0.3, 0.4) is 0 Å². The van der Waals surface area contributed by atoms with Crippen LogP contribution in [0.5, 0.6) is 0 Å². The van der Waals surface area contributed by atoms with Crippen LogP contribution >= 0.6 is 23.4 Å². The molecule has 1 aliphatic heterocycles. The van der Waals surface area contributed by atoms with Gasteiger partial charge in [0.15, 0.2) is 0 Å². The molecule has 5 nitrogen and oxygen atoms in total. The summed E-state index contributed by atoms with van der Waals surface area (Å²) < 4.78 is 0. The lowest BCUT2D eigenvalue weighted by Gasteiger charge is -2.30. The van der Waals surface area contributed by atoms with E-state index in [0.717, 1.165) is 35.8 Å². The number of thioether (sulfide) groups is 1. The topological polar surface area (TPSA) is 75.4 Å². The highest BCUT2D eigenvalue weighted by Gasteiger charge is 2.26. The molecule has 1 heterocycles. The Bertz CT molecular complexity index is 553. The first-order chi connectivity index (χ1) is 11.6. The zero-order valence-corrected chi connectivity index (χ0v) is 15.2. The molecule has 0 saturated carbocycles. The van der Waals surface area contributed by atoms with Crippen LogP contribution in [0.25, 0.3) is 0 Å². The van der Waals surface area contributed by atoms with Gasteiger partial charge in [-0.2, -0.15) is 11.8 Å². The van der Waals surface area contributed by atoms with Crippen LogP contribution in [0.2, 0.25) is 5.02 Å². The number of benzene rings is 1. The second-order valence-electron chi connectivity index (χ2n) is 5.95. The number of carbonyl (C=O) groups is 2. The van der Waals surface area contributed by atoms with Crippen molar-refractivity contribution in [3.8, 4) is 0 Å². The minimum atomic E-state index is -0.439. The highest BCUT2D eigenvalue weighted by atomic mass is 35.5. The van der Waals surface area contributed by atoms with Crippen LogP contribution < -0.4 is 11.1 Å². The maximum absolute atomic E-state index is 12.1. The lowest BCUT2D eigenvalue weighted by Crippen LogP contribution is -2.47. The van der Waals surface area contributed by atoms with Crippen LogP contribution in [-0.4, -0.2) is 42.2 Å². The molecule has 0 spiro atoms. The molecular weight excluding hydrogens is 346 g/mol. The highest BCUT2D eigenvalue weighted by molar-refractivity contribution is 7.98. The molecule has 1 saturated heterocycles. The van der Waals surface area contributed by atoms with Gasteiger partial charge in [0.05, 0.1) is 5.92 Å². The molecule has 0 aromatic heterocycles.